The SMILES string of the molecule is COc1cc(C(=O)NNC(=O)c2ccc(Cl)cc2F)ccc1OC(C)C. The zero-order valence-electron chi connectivity index (χ0n) is 14.4. The molecule has 138 valence electrons. The molecule has 0 atom stereocenters. The fraction of sp³-hybridized carbons (Fsp3) is 0.222. The van der Waals surface area contributed by atoms with Crippen LogP contribution < -0.4 is 20.3 Å². The number of carbonyl (C=O) groups is 2. The maximum Gasteiger partial charge on any atom is 0.272 e. The number of amides is 2. The standard InChI is InChI=1S/C18H18ClFN2O4/c1-10(2)26-15-7-4-11(8-16(15)25-3)17(23)21-22-18(24)13-6-5-12(19)9-14(13)20/h4-10H,1-3H3,(H,21,23)(H,22,24). The van der Waals surface area contributed by atoms with Crippen LogP contribution in [0.4, 0.5) is 4.39 Å². The lowest BCUT2D eigenvalue weighted by Crippen LogP contribution is -2.41. The van der Waals surface area contributed by atoms with Crippen LogP contribution in [0.3, 0.4) is 0 Å². The van der Waals surface area contributed by atoms with E-state index in [1.807, 2.05) is 13.8 Å². The first-order valence-corrected chi connectivity index (χ1v) is 8.10. The molecule has 8 heteroatoms. The lowest BCUT2D eigenvalue weighted by Gasteiger charge is -2.14. The molecule has 2 rings (SSSR count). The molecule has 0 aliphatic heterocycles. The molecule has 0 aliphatic rings. The first-order chi connectivity index (χ1) is 12.3. The zero-order chi connectivity index (χ0) is 19.3. The Morgan fingerprint density at radius 1 is 1.04 bits per heavy atom. The average molecular weight is 381 g/mol. The van der Waals surface area contributed by atoms with Crippen molar-refractivity contribution in [3.8, 4) is 11.5 Å². The van der Waals surface area contributed by atoms with Gasteiger partial charge in [0.2, 0.25) is 0 Å². The molecule has 0 fully saturated rings. The Morgan fingerprint density at radius 2 is 1.73 bits per heavy atom. The van der Waals surface area contributed by atoms with Crippen LogP contribution in [0, 0.1) is 5.82 Å². The number of ether oxygens (including phenoxy) is 2. The van der Waals surface area contributed by atoms with E-state index in [0.717, 1.165) is 6.07 Å². The van der Waals surface area contributed by atoms with Crippen molar-refractivity contribution in [2.75, 3.05) is 7.11 Å². The lowest BCUT2D eigenvalue weighted by atomic mass is 10.2. The van der Waals surface area contributed by atoms with E-state index in [1.54, 1.807) is 6.07 Å². The minimum Gasteiger partial charge on any atom is -0.493 e. The van der Waals surface area contributed by atoms with E-state index in [-0.39, 0.29) is 22.3 Å². The van der Waals surface area contributed by atoms with Gasteiger partial charge in [-0.05, 0) is 50.2 Å². The van der Waals surface area contributed by atoms with E-state index in [0.29, 0.717) is 11.5 Å². The van der Waals surface area contributed by atoms with Gasteiger partial charge in [-0.1, -0.05) is 11.6 Å². The Hall–Kier alpha value is -2.80. The lowest BCUT2D eigenvalue weighted by molar-refractivity contribution is 0.0844. The fourth-order valence-corrected chi connectivity index (χ4v) is 2.25. The number of hydrazine groups is 1. The Labute approximate surface area is 155 Å². The molecule has 6 nitrogen and oxygen atoms in total. The van der Waals surface area contributed by atoms with Crippen molar-refractivity contribution in [3.05, 3.63) is 58.4 Å². The number of hydrogen-bond acceptors (Lipinski definition) is 4. The summed E-state index contributed by atoms with van der Waals surface area (Å²) in [6.07, 6.45) is -0.0582. The van der Waals surface area contributed by atoms with Crippen LogP contribution in [-0.4, -0.2) is 25.0 Å². The number of nitrogens with one attached hydrogen (secondary N) is 2. The Morgan fingerprint density at radius 3 is 2.35 bits per heavy atom. The van der Waals surface area contributed by atoms with Crippen LogP contribution in [-0.2, 0) is 0 Å². The van der Waals surface area contributed by atoms with Gasteiger partial charge in [0.1, 0.15) is 5.82 Å². The molecule has 0 saturated heterocycles. The van der Waals surface area contributed by atoms with Gasteiger partial charge in [-0.3, -0.25) is 20.4 Å². The van der Waals surface area contributed by atoms with Crippen LogP contribution in [0.2, 0.25) is 5.02 Å². The van der Waals surface area contributed by atoms with Crippen molar-refractivity contribution in [1.29, 1.82) is 0 Å². The second-order valence-corrected chi connectivity index (χ2v) is 6.00. The topological polar surface area (TPSA) is 76.7 Å². The minimum absolute atomic E-state index is 0.0582. The molecule has 2 aromatic rings. The van der Waals surface area contributed by atoms with E-state index in [1.165, 1.54) is 31.4 Å². The highest BCUT2D eigenvalue weighted by Crippen LogP contribution is 2.28. The normalized spacial score (nSPS) is 10.4. The summed E-state index contributed by atoms with van der Waals surface area (Å²) in [7, 11) is 1.45. The van der Waals surface area contributed by atoms with Crippen LogP contribution in [0.25, 0.3) is 0 Å². The number of halogens is 2. The quantitative estimate of drug-likeness (QED) is 0.780. The van der Waals surface area contributed by atoms with Gasteiger partial charge >= 0.3 is 0 Å². The van der Waals surface area contributed by atoms with Gasteiger partial charge in [0.05, 0.1) is 18.8 Å². The van der Waals surface area contributed by atoms with Crippen molar-refractivity contribution in [3.63, 3.8) is 0 Å². The number of benzene rings is 2. The second kappa shape index (κ2) is 8.53. The van der Waals surface area contributed by atoms with E-state index in [2.05, 4.69) is 10.9 Å². The molecule has 0 spiro atoms. The van der Waals surface area contributed by atoms with Gasteiger partial charge in [-0.15, -0.1) is 0 Å². The third kappa shape index (κ3) is 4.86. The predicted molar refractivity (Wildman–Crippen MR) is 95.1 cm³/mol. The van der Waals surface area contributed by atoms with Crippen LogP contribution in [0.15, 0.2) is 36.4 Å². The molecular weight excluding hydrogens is 363 g/mol. The van der Waals surface area contributed by atoms with Crippen molar-refractivity contribution in [2.24, 2.45) is 0 Å². The summed E-state index contributed by atoms with van der Waals surface area (Å²) in [6, 6.07) is 8.19. The highest BCUT2D eigenvalue weighted by Gasteiger charge is 2.15. The molecule has 0 aliphatic carbocycles. The first-order valence-electron chi connectivity index (χ1n) is 7.72. The summed E-state index contributed by atoms with van der Waals surface area (Å²) in [5.41, 5.74) is 4.35. The number of rotatable bonds is 5. The van der Waals surface area contributed by atoms with Gasteiger partial charge in [-0.25, -0.2) is 4.39 Å². The fourth-order valence-electron chi connectivity index (χ4n) is 2.09. The van der Waals surface area contributed by atoms with Gasteiger partial charge in [0, 0.05) is 10.6 Å². The molecule has 0 radical (unpaired) electrons. The molecular formula is C18H18ClFN2O4. The summed E-state index contributed by atoms with van der Waals surface area (Å²) in [5, 5.41) is 0.166. The number of methoxy groups -OCH3 is 1. The Bertz CT molecular complexity index is 827. The number of hydrogen-bond donors (Lipinski definition) is 2. The maximum atomic E-state index is 13.7. The minimum atomic E-state index is -0.806. The molecule has 2 N–H and O–H groups in total. The molecule has 0 saturated carbocycles. The van der Waals surface area contributed by atoms with Crippen molar-refractivity contribution in [2.45, 2.75) is 20.0 Å². The molecule has 0 heterocycles. The highest BCUT2D eigenvalue weighted by atomic mass is 35.5. The van der Waals surface area contributed by atoms with Gasteiger partial charge in [0.15, 0.2) is 11.5 Å². The van der Waals surface area contributed by atoms with Gasteiger partial charge in [0.25, 0.3) is 11.8 Å². The van der Waals surface area contributed by atoms with Crippen molar-refractivity contribution >= 4 is 23.4 Å². The average Bonchev–Trinajstić information content (AvgIpc) is 2.59. The van der Waals surface area contributed by atoms with Crippen LogP contribution >= 0.6 is 11.6 Å². The molecule has 0 unspecified atom stereocenters. The highest BCUT2D eigenvalue weighted by molar-refractivity contribution is 6.30. The summed E-state index contributed by atoms with van der Waals surface area (Å²) >= 11 is 5.64. The summed E-state index contributed by atoms with van der Waals surface area (Å²) in [5.74, 6) is -1.32. The Balaban J connectivity index is 2.06. The summed E-state index contributed by atoms with van der Waals surface area (Å²) < 4.78 is 24.5. The third-order valence-electron chi connectivity index (χ3n) is 3.25. The molecule has 2 aromatic carbocycles. The largest absolute Gasteiger partial charge is 0.493 e. The monoisotopic (exact) mass is 380 g/mol. The van der Waals surface area contributed by atoms with Crippen LogP contribution in [0.5, 0.6) is 11.5 Å². The maximum absolute atomic E-state index is 13.7. The van der Waals surface area contributed by atoms with Crippen molar-refractivity contribution < 1.29 is 23.5 Å². The molecule has 26 heavy (non-hydrogen) atoms. The second-order valence-electron chi connectivity index (χ2n) is 5.56. The summed E-state index contributed by atoms with van der Waals surface area (Å²) in [4.78, 5) is 24.1. The predicted octanol–water partition coefficient (Wildman–Crippen LogP) is 3.35. The van der Waals surface area contributed by atoms with E-state index < -0.39 is 17.6 Å². The van der Waals surface area contributed by atoms with Crippen LogP contribution in [0.1, 0.15) is 34.6 Å². The van der Waals surface area contributed by atoms with E-state index >= 15 is 0 Å². The molecule has 0 aromatic heterocycles. The van der Waals surface area contributed by atoms with Gasteiger partial charge < -0.3 is 9.47 Å². The smallest absolute Gasteiger partial charge is 0.272 e. The Kier molecular flexibility index (Phi) is 6.41. The van der Waals surface area contributed by atoms with Gasteiger partial charge in [-0.2, -0.15) is 0 Å². The number of carbonyl (C=O) groups excluding carboxylic acids is 2. The van der Waals surface area contributed by atoms with Crippen molar-refractivity contribution in [1.82, 2.24) is 10.9 Å². The summed E-state index contributed by atoms with van der Waals surface area (Å²) in [6.45, 7) is 3.73. The first kappa shape index (κ1) is 19.5. The molecule has 0 bridgehead atoms. The zero-order valence-corrected chi connectivity index (χ0v) is 15.2. The van der Waals surface area contributed by atoms with E-state index in [4.69, 9.17) is 21.1 Å². The van der Waals surface area contributed by atoms with E-state index in [9.17, 15) is 14.0 Å². The third-order valence-corrected chi connectivity index (χ3v) is 3.49. The molecule has 2 amide bonds.